The Balaban J connectivity index is 1.30. The molecule has 2 bridgehead atoms. The fraction of sp³-hybridized carbons (Fsp3) is 0.652. The summed E-state index contributed by atoms with van der Waals surface area (Å²) in [6, 6.07) is 0. The molecule has 2 saturated heterocycles. The van der Waals surface area contributed by atoms with Gasteiger partial charge in [0, 0.05) is 37.2 Å². The van der Waals surface area contributed by atoms with Crippen LogP contribution in [0.5, 0.6) is 0 Å². The average molecular weight is 489 g/mol. The molecule has 5 aliphatic rings. The minimum absolute atomic E-state index is 0.0599. The normalized spacial score (nSPS) is 29.9. The third kappa shape index (κ3) is 3.82. The molecule has 2 unspecified atom stereocenters. The summed E-state index contributed by atoms with van der Waals surface area (Å²) in [6.07, 6.45) is 10.2. The lowest BCUT2D eigenvalue weighted by atomic mass is 9.61. The lowest BCUT2D eigenvalue weighted by molar-refractivity contribution is 0.104. The zero-order valence-electron chi connectivity index (χ0n) is 18.5. The summed E-state index contributed by atoms with van der Waals surface area (Å²) in [5.74, 6) is 4.20. The van der Waals surface area contributed by atoms with Crippen LogP contribution in [0.3, 0.4) is 0 Å². The Morgan fingerprint density at radius 1 is 1.15 bits per heavy atom. The standard InChI is InChI=1S/C23H29ClN6O2S/c24-16-9-25-20(26-10-16)18-14-8-15(18)12-30(11-14)22-27-17-4-1-2-7-33(32)19(17)21(28-22)29-23(13-31)5-3-6-23/h9-10,14-15,18,31H,1-8,11-13H2,(H,27,28,29)/t14?,15?,18?,33-/m0/s1. The van der Waals surface area contributed by atoms with Gasteiger partial charge >= 0.3 is 0 Å². The molecule has 10 heteroatoms. The van der Waals surface area contributed by atoms with E-state index in [2.05, 4.69) is 20.2 Å². The van der Waals surface area contributed by atoms with Gasteiger partial charge < -0.3 is 15.3 Å². The lowest BCUT2D eigenvalue weighted by Gasteiger charge is -2.52. The highest BCUT2D eigenvalue weighted by molar-refractivity contribution is 7.85. The number of aromatic nitrogens is 4. The molecule has 2 aromatic heterocycles. The molecule has 3 atom stereocenters. The number of nitrogens with zero attached hydrogens (tertiary/aromatic N) is 5. The number of fused-ring (bicyclic) bond motifs is 3. The van der Waals surface area contributed by atoms with Crippen molar-refractivity contribution < 1.29 is 9.32 Å². The number of aliphatic hydroxyl groups is 1. The van der Waals surface area contributed by atoms with Gasteiger partial charge in [-0.15, -0.1) is 0 Å². The number of hydrogen-bond acceptors (Lipinski definition) is 8. The van der Waals surface area contributed by atoms with Gasteiger partial charge in [-0.05, 0) is 56.8 Å². The molecular weight excluding hydrogens is 460 g/mol. The lowest BCUT2D eigenvalue weighted by Crippen LogP contribution is -2.55. The first-order chi connectivity index (χ1) is 16.0. The largest absolute Gasteiger partial charge is 0.394 e. The molecule has 2 saturated carbocycles. The number of nitrogens with one attached hydrogen (secondary N) is 1. The molecule has 2 aromatic rings. The summed E-state index contributed by atoms with van der Waals surface area (Å²) in [5.41, 5.74) is 0.555. The van der Waals surface area contributed by atoms with E-state index in [9.17, 15) is 9.32 Å². The Bertz CT molecular complexity index is 1060. The summed E-state index contributed by atoms with van der Waals surface area (Å²) in [6.45, 7) is 1.78. The van der Waals surface area contributed by atoms with Crippen molar-refractivity contribution in [2.24, 2.45) is 11.8 Å². The van der Waals surface area contributed by atoms with Gasteiger partial charge in [0.1, 0.15) is 16.5 Å². The predicted octanol–water partition coefficient (Wildman–Crippen LogP) is 2.93. The molecule has 0 aromatic carbocycles. The van der Waals surface area contributed by atoms with E-state index in [0.29, 0.717) is 40.3 Å². The minimum Gasteiger partial charge on any atom is -0.394 e. The Labute approximate surface area is 201 Å². The molecular formula is C23H29ClN6O2S. The Morgan fingerprint density at radius 2 is 1.91 bits per heavy atom. The third-order valence-corrected chi connectivity index (χ3v) is 9.63. The summed E-state index contributed by atoms with van der Waals surface area (Å²) >= 11 is 5.97. The van der Waals surface area contributed by atoms with Crippen LogP contribution in [0.1, 0.15) is 56.0 Å². The van der Waals surface area contributed by atoms with Crippen LogP contribution in [-0.2, 0) is 17.2 Å². The molecule has 33 heavy (non-hydrogen) atoms. The van der Waals surface area contributed by atoms with Crippen LogP contribution in [0.2, 0.25) is 5.02 Å². The molecule has 8 nitrogen and oxygen atoms in total. The Kier molecular flexibility index (Phi) is 5.54. The number of halogens is 1. The molecule has 0 spiro atoms. The highest BCUT2D eigenvalue weighted by Gasteiger charge is 2.49. The first-order valence-corrected chi connectivity index (χ1v) is 13.7. The molecule has 4 fully saturated rings. The zero-order chi connectivity index (χ0) is 22.6. The highest BCUT2D eigenvalue weighted by atomic mass is 35.5. The SMILES string of the molecule is O=[S@]1CCCCc2nc(N3CC4CC(C3)C4c3ncc(Cl)cn3)nc(NC3(CO)CCC3)c21. The molecule has 5 heterocycles. The van der Waals surface area contributed by atoms with Crippen molar-refractivity contribution in [3.63, 3.8) is 0 Å². The predicted molar refractivity (Wildman–Crippen MR) is 127 cm³/mol. The van der Waals surface area contributed by atoms with Gasteiger partial charge in [-0.1, -0.05) is 11.6 Å². The maximum atomic E-state index is 13.1. The molecule has 7 rings (SSSR count). The average Bonchev–Trinajstić information content (AvgIpc) is 2.99. The highest BCUT2D eigenvalue weighted by Crippen LogP contribution is 2.51. The van der Waals surface area contributed by atoms with Crippen molar-refractivity contribution in [2.45, 2.75) is 61.3 Å². The second-order valence-corrected chi connectivity index (χ2v) is 12.0. The maximum Gasteiger partial charge on any atom is 0.227 e. The van der Waals surface area contributed by atoms with E-state index >= 15 is 0 Å². The van der Waals surface area contributed by atoms with Crippen LogP contribution in [0.4, 0.5) is 11.8 Å². The number of hydrogen-bond donors (Lipinski definition) is 2. The smallest absolute Gasteiger partial charge is 0.227 e. The zero-order valence-corrected chi connectivity index (χ0v) is 20.1. The second-order valence-electron chi connectivity index (χ2n) is 10.0. The molecule has 2 N–H and O–H groups in total. The van der Waals surface area contributed by atoms with Gasteiger partial charge in [0.05, 0.1) is 33.7 Å². The van der Waals surface area contributed by atoms with Crippen molar-refractivity contribution in [3.05, 3.63) is 28.9 Å². The van der Waals surface area contributed by atoms with E-state index in [0.717, 1.165) is 68.0 Å². The van der Waals surface area contributed by atoms with E-state index < -0.39 is 10.8 Å². The Morgan fingerprint density at radius 3 is 2.58 bits per heavy atom. The maximum absolute atomic E-state index is 13.1. The Hall–Kier alpha value is -1.84. The van der Waals surface area contributed by atoms with Crippen molar-refractivity contribution in [1.82, 2.24) is 19.9 Å². The molecule has 3 aliphatic heterocycles. The van der Waals surface area contributed by atoms with Gasteiger partial charge in [0.2, 0.25) is 5.95 Å². The summed E-state index contributed by atoms with van der Waals surface area (Å²) in [7, 11) is -1.12. The van der Waals surface area contributed by atoms with Crippen molar-refractivity contribution in [2.75, 3.05) is 35.7 Å². The van der Waals surface area contributed by atoms with E-state index in [4.69, 9.17) is 21.6 Å². The number of aliphatic hydroxyl groups excluding tert-OH is 1. The second kappa shape index (κ2) is 8.43. The van der Waals surface area contributed by atoms with E-state index in [1.807, 2.05) is 0 Å². The monoisotopic (exact) mass is 488 g/mol. The van der Waals surface area contributed by atoms with E-state index in [-0.39, 0.29) is 12.1 Å². The number of aryl methyl sites for hydroxylation is 1. The third-order valence-electron chi connectivity index (χ3n) is 7.89. The van der Waals surface area contributed by atoms with Crippen molar-refractivity contribution in [1.29, 1.82) is 0 Å². The summed E-state index contributed by atoms with van der Waals surface area (Å²) in [4.78, 5) is 21.9. The van der Waals surface area contributed by atoms with Crippen LogP contribution >= 0.6 is 11.6 Å². The van der Waals surface area contributed by atoms with Gasteiger partial charge in [-0.3, -0.25) is 4.21 Å². The van der Waals surface area contributed by atoms with E-state index in [1.54, 1.807) is 12.4 Å². The van der Waals surface area contributed by atoms with Crippen LogP contribution in [0.25, 0.3) is 0 Å². The molecule has 0 amide bonds. The van der Waals surface area contributed by atoms with Crippen LogP contribution in [0, 0.1) is 11.8 Å². The molecule has 2 aliphatic carbocycles. The number of piperidine rings is 2. The van der Waals surface area contributed by atoms with Gasteiger partial charge in [0.25, 0.3) is 0 Å². The number of anilines is 2. The first-order valence-electron chi connectivity index (χ1n) is 12.0. The van der Waals surface area contributed by atoms with Crippen molar-refractivity contribution >= 4 is 34.2 Å². The van der Waals surface area contributed by atoms with E-state index in [1.165, 1.54) is 6.42 Å². The van der Waals surface area contributed by atoms with Gasteiger partial charge in [-0.25, -0.2) is 15.0 Å². The van der Waals surface area contributed by atoms with Crippen LogP contribution in [-0.4, -0.2) is 60.2 Å². The van der Waals surface area contributed by atoms with Crippen molar-refractivity contribution in [3.8, 4) is 0 Å². The molecule has 0 radical (unpaired) electrons. The quantitative estimate of drug-likeness (QED) is 0.662. The molecule has 176 valence electrons. The first kappa shape index (κ1) is 21.7. The van der Waals surface area contributed by atoms with Crippen LogP contribution < -0.4 is 10.2 Å². The fourth-order valence-electron chi connectivity index (χ4n) is 5.89. The number of rotatable bonds is 5. The summed E-state index contributed by atoms with van der Waals surface area (Å²) in [5, 5.41) is 14.1. The van der Waals surface area contributed by atoms with Gasteiger partial charge in [-0.2, -0.15) is 4.98 Å². The summed E-state index contributed by atoms with van der Waals surface area (Å²) < 4.78 is 13.1. The van der Waals surface area contributed by atoms with Gasteiger partial charge in [0.15, 0.2) is 0 Å². The topological polar surface area (TPSA) is 104 Å². The minimum atomic E-state index is -1.12. The fourth-order valence-corrected chi connectivity index (χ4v) is 7.38. The van der Waals surface area contributed by atoms with Crippen LogP contribution in [0.15, 0.2) is 17.3 Å².